The Morgan fingerprint density at radius 3 is 2.47 bits per heavy atom. The number of para-hydroxylation sites is 2. The van der Waals surface area contributed by atoms with Gasteiger partial charge in [-0.2, -0.15) is 0 Å². The van der Waals surface area contributed by atoms with Crippen molar-refractivity contribution in [1.82, 2.24) is 29.7 Å². The summed E-state index contributed by atoms with van der Waals surface area (Å²) in [5, 5.41) is 11.3. The molecule has 0 radical (unpaired) electrons. The van der Waals surface area contributed by atoms with Gasteiger partial charge in [-0.05, 0) is 78.7 Å². The number of hydrogen-bond donors (Lipinski definition) is 2. The number of fused-ring (bicyclic) bond motifs is 1. The van der Waals surface area contributed by atoms with Gasteiger partial charge >= 0.3 is 5.97 Å². The van der Waals surface area contributed by atoms with Crippen molar-refractivity contribution in [2.45, 2.75) is 26.1 Å². The first-order chi connectivity index (χ1) is 31.0. The maximum Gasteiger partial charge on any atom is 0.345 e. The number of piperazine rings is 1. The number of halogens is 3. The Balaban J connectivity index is 1.11. The molecule has 64 heavy (non-hydrogen) atoms. The van der Waals surface area contributed by atoms with Crippen molar-refractivity contribution in [3.63, 3.8) is 0 Å². The number of nitrogen functional groups attached to an aromatic ring is 1. The van der Waals surface area contributed by atoms with Crippen molar-refractivity contribution in [3.05, 3.63) is 125 Å². The van der Waals surface area contributed by atoms with Crippen molar-refractivity contribution in [2.24, 2.45) is 0 Å². The molecule has 13 nitrogen and oxygen atoms in total. The number of methoxy groups -OCH3 is 1. The van der Waals surface area contributed by atoms with Gasteiger partial charge in [-0.15, -0.1) is 11.3 Å². The highest BCUT2D eigenvalue weighted by molar-refractivity contribution is 7.22. The summed E-state index contributed by atoms with van der Waals surface area (Å²) in [4.78, 5) is 36.6. The molecule has 1 aliphatic heterocycles. The van der Waals surface area contributed by atoms with Gasteiger partial charge in [0.05, 0.1) is 34.5 Å². The maximum absolute atomic E-state index is 15.0. The lowest BCUT2D eigenvalue weighted by Gasteiger charge is -2.32. The molecule has 0 spiro atoms. The Bertz CT molecular complexity index is 2800. The molecule has 0 aliphatic carbocycles. The van der Waals surface area contributed by atoms with Crippen molar-refractivity contribution in [1.29, 1.82) is 0 Å². The predicted molar refractivity (Wildman–Crippen MR) is 242 cm³/mol. The van der Waals surface area contributed by atoms with Gasteiger partial charge in [-0.1, -0.05) is 48.0 Å². The summed E-state index contributed by atoms with van der Waals surface area (Å²) in [5.74, 6) is -1.62. The standard InChI is InChI=1S/C47H44ClF2N7O6S/c1-27-31(12-13-37(41(27)48)61-21-20-57-18-16-56(2)17-19-57)39-40-45(53-26-54-46(40)64-43(39)29-22-33(49)42(50)34(51)23-29)63-38(47(58)59)24-28-8-4-6-10-35(28)62-25-30-14-15-52-44(55-30)32-9-5-7-11-36(32)60-3/h4-15,22-23,26,38H,16-21,24-25,51H2,1-3H3,(H,58,59)/t38-/m1/s1. The van der Waals surface area contributed by atoms with Gasteiger partial charge in [0.1, 0.15) is 41.6 Å². The van der Waals surface area contributed by atoms with Gasteiger partial charge in [0, 0.05) is 55.8 Å². The molecule has 8 rings (SSSR count). The largest absolute Gasteiger partial charge is 0.496 e. The second-order valence-corrected chi connectivity index (χ2v) is 16.6. The smallest absolute Gasteiger partial charge is 0.345 e. The van der Waals surface area contributed by atoms with Crippen LogP contribution in [0.15, 0.2) is 91.4 Å². The van der Waals surface area contributed by atoms with Crippen LogP contribution in [-0.2, 0) is 17.8 Å². The third-order valence-corrected chi connectivity index (χ3v) is 12.6. The van der Waals surface area contributed by atoms with Crippen LogP contribution < -0.4 is 24.7 Å². The average Bonchev–Trinajstić information content (AvgIpc) is 3.70. The lowest BCUT2D eigenvalue weighted by Crippen LogP contribution is -2.45. The monoisotopic (exact) mass is 907 g/mol. The van der Waals surface area contributed by atoms with Gasteiger partial charge in [0.2, 0.25) is 12.0 Å². The van der Waals surface area contributed by atoms with E-state index in [0.29, 0.717) is 77.7 Å². The molecular weight excluding hydrogens is 864 g/mol. The summed E-state index contributed by atoms with van der Waals surface area (Å²) in [5.41, 5.74) is 9.35. The third-order valence-electron chi connectivity index (χ3n) is 11.0. The Morgan fingerprint density at radius 2 is 1.70 bits per heavy atom. The first-order valence-corrected chi connectivity index (χ1v) is 21.6. The first-order valence-electron chi connectivity index (χ1n) is 20.4. The number of carboxylic acid groups (broad SMARTS) is 1. The van der Waals surface area contributed by atoms with E-state index in [2.05, 4.69) is 36.8 Å². The number of anilines is 1. The number of nitrogens with two attached hydrogens (primary N) is 1. The van der Waals surface area contributed by atoms with Crippen LogP contribution in [0, 0.1) is 18.6 Å². The maximum atomic E-state index is 15.0. The van der Waals surface area contributed by atoms with Gasteiger partial charge in [-0.25, -0.2) is 33.5 Å². The second-order valence-electron chi connectivity index (χ2n) is 15.2. The molecule has 1 fully saturated rings. The normalized spacial score (nSPS) is 13.8. The van der Waals surface area contributed by atoms with Crippen molar-refractivity contribution in [3.8, 4) is 56.1 Å². The molecule has 0 bridgehead atoms. The molecule has 0 unspecified atom stereocenters. The van der Waals surface area contributed by atoms with Gasteiger partial charge in [-0.3, -0.25) is 4.90 Å². The minimum Gasteiger partial charge on any atom is -0.496 e. The van der Waals surface area contributed by atoms with E-state index in [1.54, 1.807) is 49.7 Å². The highest BCUT2D eigenvalue weighted by Gasteiger charge is 2.29. The minimum atomic E-state index is -1.46. The fourth-order valence-electron chi connectivity index (χ4n) is 7.51. The van der Waals surface area contributed by atoms with Gasteiger partial charge < -0.3 is 34.7 Å². The summed E-state index contributed by atoms with van der Waals surface area (Å²) in [6.45, 7) is 6.89. The number of aromatic nitrogens is 4. The number of hydrogen-bond acceptors (Lipinski definition) is 13. The Morgan fingerprint density at radius 1 is 0.938 bits per heavy atom. The Kier molecular flexibility index (Phi) is 13.5. The van der Waals surface area contributed by atoms with E-state index < -0.39 is 23.7 Å². The van der Waals surface area contributed by atoms with E-state index in [1.165, 1.54) is 12.4 Å². The summed E-state index contributed by atoms with van der Waals surface area (Å²) in [6, 6.07) is 22.2. The number of carbonyl (C=O) groups is 1. The molecule has 7 aromatic rings. The predicted octanol–water partition coefficient (Wildman–Crippen LogP) is 8.59. The Hall–Kier alpha value is -6.46. The van der Waals surface area contributed by atoms with Gasteiger partial charge in [0.15, 0.2) is 17.5 Å². The van der Waals surface area contributed by atoms with Crippen LogP contribution in [0.3, 0.4) is 0 Å². The number of ether oxygens (including phenoxy) is 4. The number of benzene rings is 4. The molecule has 3 aromatic heterocycles. The lowest BCUT2D eigenvalue weighted by atomic mass is 9.95. The van der Waals surface area contributed by atoms with E-state index in [1.807, 2.05) is 37.3 Å². The highest BCUT2D eigenvalue weighted by Crippen LogP contribution is 2.50. The fourth-order valence-corrected chi connectivity index (χ4v) is 8.86. The zero-order chi connectivity index (χ0) is 44.9. The van der Waals surface area contributed by atoms with E-state index in [0.717, 1.165) is 55.7 Å². The Labute approximate surface area is 377 Å². The number of likely N-dealkylation sites (N-methyl/N-ethyl adjacent to an activating group) is 1. The molecule has 3 N–H and O–H groups in total. The molecule has 1 aliphatic rings. The third kappa shape index (κ3) is 9.55. The minimum absolute atomic E-state index is 0.0447. The summed E-state index contributed by atoms with van der Waals surface area (Å²) in [6.07, 6.45) is 1.31. The molecular formula is C47H44ClF2N7O6S. The van der Waals surface area contributed by atoms with E-state index in [9.17, 15) is 18.7 Å². The summed E-state index contributed by atoms with van der Waals surface area (Å²) < 4.78 is 53.8. The van der Waals surface area contributed by atoms with Crippen LogP contribution in [0.1, 0.15) is 16.8 Å². The zero-order valence-corrected chi connectivity index (χ0v) is 36.8. The second kappa shape index (κ2) is 19.5. The van der Waals surface area contributed by atoms with Crippen LogP contribution >= 0.6 is 22.9 Å². The van der Waals surface area contributed by atoms with E-state index in [4.69, 9.17) is 36.3 Å². The van der Waals surface area contributed by atoms with Crippen LogP contribution in [-0.4, -0.2) is 100 Å². The highest BCUT2D eigenvalue weighted by atomic mass is 35.5. The number of rotatable bonds is 16. The lowest BCUT2D eigenvalue weighted by molar-refractivity contribution is -0.145. The number of carboxylic acids is 1. The van der Waals surface area contributed by atoms with Crippen molar-refractivity contribution >= 4 is 44.8 Å². The quantitative estimate of drug-likeness (QED) is 0.0890. The summed E-state index contributed by atoms with van der Waals surface area (Å²) in [7, 11) is 3.68. The molecule has 330 valence electrons. The number of thiophene rings is 1. The number of nitrogens with zero attached hydrogens (tertiary/aromatic N) is 6. The average molecular weight is 908 g/mol. The first kappa shape index (κ1) is 44.2. The molecule has 17 heteroatoms. The zero-order valence-electron chi connectivity index (χ0n) is 35.2. The number of aliphatic carboxylic acids is 1. The molecule has 1 saturated heterocycles. The van der Waals surface area contributed by atoms with Crippen LogP contribution in [0.5, 0.6) is 23.1 Å². The van der Waals surface area contributed by atoms with Crippen molar-refractivity contribution in [2.75, 3.05) is 59.2 Å². The van der Waals surface area contributed by atoms with Crippen molar-refractivity contribution < 1.29 is 37.6 Å². The van der Waals surface area contributed by atoms with Crippen LogP contribution in [0.2, 0.25) is 5.02 Å². The molecule has 0 saturated carbocycles. The molecule has 1 atom stereocenters. The summed E-state index contributed by atoms with van der Waals surface area (Å²) >= 11 is 8.19. The SMILES string of the molecule is COc1ccccc1-c1nccc(COc2ccccc2C[C@@H](Oc2ncnc3sc(-c4cc(N)c(F)c(F)c4)c(-c4ccc(OCCN5CCN(C)CC5)c(Cl)c4C)c23)C(=O)O)n1. The van der Waals surface area contributed by atoms with Gasteiger partial charge in [0.25, 0.3) is 0 Å². The molecule has 4 aromatic carbocycles. The molecule has 4 heterocycles. The van der Waals surface area contributed by atoms with E-state index >= 15 is 0 Å². The fraction of sp³-hybridized carbons (Fsp3) is 0.255. The van der Waals surface area contributed by atoms with Crippen LogP contribution in [0.25, 0.3) is 43.2 Å². The van der Waals surface area contributed by atoms with E-state index in [-0.39, 0.29) is 30.2 Å². The topological polar surface area (TPSA) is 158 Å². The van der Waals surface area contributed by atoms with Crippen LogP contribution in [0.4, 0.5) is 14.5 Å². The molecule has 0 amide bonds.